The Kier molecular flexibility index (Phi) is 7.52. The molecule has 0 radical (unpaired) electrons. The minimum absolute atomic E-state index is 0.00497. The fourth-order valence-corrected chi connectivity index (χ4v) is 4.64. The molecule has 0 saturated carbocycles. The summed E-state index contributed by atoms with van der Waals surface area (Å²) in [5, 5.41) is 9.07. The van der Waals surface area contributed by atoms with E-state index in [0.717, 1.165) is 41.5 Å². The highest BCUT2D eigenvalue weighted by Crippen LogP contribution is 2.32. The molecule has 2 aliphatic heterocycles. The van der Waals surface area contributed by atoms with E-state index in [9.17, 15) is 19.5 Å². The number of carbonyl (C=O) groups is 3. The van der Waals surface area contributed by atoms with Gasteiger partial charge in [-0.05, 0) is 55.2 Å². The van der Waals surface area contributed by atoms with E-state index in [1.165, 1.54) is 6.08 Å². The summed E-state index contributed by atoms with van der Waals surface area (Å²) in [5.41, 5.74) is 0.878. The molecule has 2 heterocycles. The van der Waals surface area contributed by atoms with Gasteiger partial charge in [-0.2, -0.15) is 0 Å². The predicted octanol–water partition coefficient (Wildman–Crippen LogP) is 3.61. The van der Waals surface area contributed by atoms with E-state index < -0.39 is 11.1 Å². The Morgan fingerprint density at radius 3 is 2.72 bits per heavy atom. The van der Waals surface area contributed by atoms with Gasteiger partial charge >= 0.3 is 0 Å². The van der Waals surface area contributed by atoms with Gasteiger partial charge in [-0.1, -0.05) is 41.9 Å². The molecule has 0 bridgehead atoms. The molecule has 1 aromatic carbocycles. The third-order valence-corrected chi connectivity index (χ3v) is 6.08. The van der Waals surface area contributed by atoms with Crippen LogP contribution in [0.15, 0.2) is 46.3 Å². The maximum atomic E-state index is 12.7. The lowest BCUT2D eigenvalue weighted by atomic mass is 9.99. The van der Waals surface area contributed by atoms with Crippen LogP contribution < -0.4 is 0 Å². The van der Waals surface area contributed by atoms with Crippen molar-refractivity contribution >= 4 is 46.5 Å². The first kappa shape index (κ1) is 21.6. The summed E-state index contributed by atoms with van der Waals surface area (Å²) in [5.74, 6) is -0.777. The smallest absolute Gasteiger partial charge is 0.294 e. The number of halogens is 1. The van der Waals surface area contributed by atoms with Gasteiger partial charge in [-0.3, -0.25) is 19.3 Å². The van der Waals surface area contributed by atoms with Gasteiger partial charge in [0.2, 0.25) is 5.91 Å². The van der Waals surface area contributed by atoms with Crippen molar-refractivity contribution in [3.8, 4) is 0 Å². The lowest BCUT2D eigenvalue weighted by Gasteiger charge is -2.36. The maximum Gasteiger partial charge on any atom is 0.294 e. The van der Waals surface area contributed by atoms with Gasteiger partial charge in [0.15, 0.2) is 0 Å². The summed E-state index contributed by atoms with van der Waals surface area (Å²) in [6.45, 7) is 0.302. The van der Waals surface area contributed by atoms with Gasteiger partial charge in [0.1, 0.15) is 6.54 Å². The number of imide groups is 1. The summed E-state index contributed by atoms with van der Waals surface area (Å²) in [7, 11) is 0. The van der Waals surface area contributed by atoms with Gasteiger partial charge in [0, 0.05) is 24.2 Å². The number of aliphatic hydroxyl groups is 1. The van der Waals surface area contributed by atoms with Gasteiger partial charge in [0.25, 0.3) is 11.1 Å². The molecule has 2 saturated heterocycles. The molecule has 6 nitrogen and oxygen atoms in total. The van der Waals surface area contributed by atoms with E-state index in [4.69, 9.17) is 11.6 Å². The van der Waals surface area contributed by atoms with Gasteiger partial charge in [-0.15, -0.1) is 0 Å². The average Bonchev–Trinajstić information content (AvgIpc) is 2.96. The maximum absolute atomic E-state index is 12.7. The highest BCUT2D eigenvalue weighted by molar-refractivity contribution is 8.18. The van der Waals surface area contributed by atoms with Crippen LogP contribution in [-0.4, -0.2) is 57.7 Å². The number of hydrogen-bond acceptors (Lipinski definition) is 5. The first-order chi connectivity index (χ1) is 14.0. The molecule has 2 aliphatic rings. The number of rotatable bonds is 6. The zero-order valence-electron chi connectivity index (χ0n) is 15.9. The van der Waals surface area contributed by atoms with Crippen molar-refractivity contribution in [2.75, 3.05) is 19.7 Å². The molecule has 0 aromatic heterocycles. The molecular formula is C21H23ClN2O4S. The quantitative estimate of drug-likeness (QED) is 0.692. The van der Waals surface area contributed by atoms with Gasteiger partial charge in [-0.25, -0.2) is 0 Å². The van der Waals surface area contributed by atoms with Crippen LogP contribution in [0.2, 0.25) is 0 Å². The molecule has 154 valence electrons. The third kappa shape index (κ3) is 5.50. The van der Waals surface area contributed by atoms with E-state index in [1.54, 1.807) is 11.0 Å². The van der Waals surface area contributed by atoms with E-state index >= 15 is 0 Å². The summed E-state index contributed by atoms with van der Waals surface area (Å²) in [4.78, 5) is 40.6. The standard InChI is InChI=1S/C21H23ClN2O4S/c22-16(12-15-6-2-1-3-7-15)13-18-20(27)24(21(28)29-18)14-19(26)23-10-5-4-8-17(23)9-11-25/h1-3,6-7,12-13,17,25H,4-5,8-11,14H2/b16-12-,18-13-/t17-/m1/s1. The Balaban J connectivity index is 1.68. The van der Waals surface area contributed by atoms with Crippen molar-refractivity contribution in [3.05, 3.63) is 51.9 Å². The number of benzene rings is 1. The molecule has 0 unspecified atom stereocenters. The number of likely N-dealkylation sites (tertiary alicyclic amines) is 1. The SMILES string of the molecule is O=C1S/C(=C\C(Cl)=C\c2ccccc2)C(=O)N1CC(=O)N1CCCC[C@@H]1CCO. The molecule has 0 spiro atoms. The molecular weight excluding hydrogens is 412 g/mol. The van der Waals surface area contributed by atoms with E-state index in [2.05, 4.69) is 0 Å². The summed E-state index contributed by atoms with van der Waals surface area (Å²) in [6, 6.07) is 9.35. The Bertz CT molecular complexity index is 838. The predicted molar refractivity (Wildman–Crippen MR) is 114 cm³/mol. The van der Waals surface area contributed by atoms with Crippen molar-refractivity contribution in [1.82, 2.24) is 9.80 Å². The van der Waals surface area contributed by atoms with Crippen LogP contribution in [0.1, 0.15) is 31.2 Å². The fraction of sp³-hybridized carbons (Fsp3) is 0.381. The number of carbonyl (C=O) groups excluding carboxylic acids is 3. The Morgan fingerprint density at radius 2 is 2.00 bits per heavy atom. The minimum Gasteiger partial charge on any atom is -0.396 e. The first-order valence-corrected chi connectivity index (χ1v) is 10.8. The number of nitrogens with zero attached hydrogens (tertiary/aromatic N) is 2. The number of amides is 3. The lowest BCUT2D eigenvalue weighted by Crippen LogP contribution is -2.49. The highest BCUT2D eigenvalue weighted by Gasteiger charge is 2.38. The number of allylic oxidation sites excluding steroid dienone is 2. The molecule has 3 amide bonds. The molecule has 29 heavy (non-hydrogen) atoms. The molecule has 0 aliphatic carbocycles. The number of hydrogen-bond donors (Lipinski definition) is 1. The van der Waals surface area contributed by atoms with Crippen LogP contribution in [-0.2, 0) is 9.59 Å². The van der Waals surface area contributed by atoms with Crippen LogP contribution in [0.3, 0.4) is 0 Å². The molecule has 1 aromatic rings. The topological polar surface area (TPSA) is 77.9 Å². The average molecular weight is 435 g/mol. The molecule has 8 heteroatoms. The van der Waals surface area contributed by atoms with Crippen LogP contribution >= 0.6 is 23.4 Å². The first-order valence-electron chi connectivity index (χ1n) is 9.57. The monoisotopic (exact) mass is 434 g/mol. The van der Waals surface area contributed by atoms with Crippen molar-refractivity contribution in [3.63, 3.8) is 0 Å². The van der Waals surface area contributed by atoms with Crippen molar-refractivity contribution in [2.24, 2.45) is 0 Å². The number of aliphatic hydroxyl groups excluding tert-OH is 1. The molecule has 3 rings (SSSR count). The van der Waals surface area contributed by atoms with Crippen molar-refractivity contribution in [1.29, 1.82) is 0 Å². The van der Waals surface area contributed by atoms with Crippen LogP contribution in [0.5, 0.6) is 0 Å². The second kappa shape index (κ2) is 10.1. The van der Waals surface area contributed by atoms with Gasteiger partial charge in [0.05, 0.1) is 4.91 Å². The molecule has 2 fully saturated rings. The Hall–Kier alpha value is -2.09. The zero-order chi connectivity index (χ0) is 20.8. The van der Waals surface area contributed by atoms with Crippen LogP contribution in [0, 0.1) is 0 Å². The summed E-state index contributed by atoms with van der Waals surface area (Å²) >= 11 is 7.01. The van der Waals surface area contributed by atoms with Gasteiger partial charge < -0.3 is 10.0 Å². The third-order valence-electron chi connectivity index (χ3n) is 4.95. The van der Waals surface area contributed by atoms with Crippen LogP contribution in [0.4, 0.5) is 4.79 Å². The summed E-state index contributed by atoms with van der Waals surface area (Å²) in [6.07, 6.45) is 6.38. The second-order valence-electron chi connectivity index (χ2n) is 6.96. The number of thioether (sulfide) groups is 1. The molecule has 1 N–H and O–H groups in total. The van der Waals surface area contributed by atoms with Crippen LogP contribution in [0.25, 0.3) is 6.08 Å². The second-order valence-corrected chi connectivity index (χ2v) is 8.39. The van der Waals surface area contributed by atoms with Crippen molar-refractivity contribution in [2.45, 2.75) is 31.7 Å². The fourth-order valence-electron chi connectivity index (χ4n) is 3.52. The highest BCUT2D eigenvalue weighted by atomic mass is 35.5. The summed E-state index contributed by atoms with van der Waals surface area (Å²) < 4.78 is 0. The van der Waals surface area contributed by atoms with E-state index in [-0.39, 0.29) is 30.0 Å². The number of piperidine rings is 1. The molecule has 1 atom stereocenters. The van der Waals surface area contributed by atoms with Crippen molar-refractivity contribution < 1.29 is 19.5 Å². The Morgan fingerprint density at radius 1 is 1.24 bits per heavy atom. The largest absolute Gasteiger partial charge is 0.396 e. The van der Waals surface area contributed by atoms with E-state index in [1.807, 2.05) is 30.3 Å². The minimum atomic E-state index is -0.510. The zero-order valence-corrected chi connectivity index (χ0v) is 17.5. The Labute approximate surface area is 179 Å². The normalized spacial score (nSPS) is 21.9. The van der Waals surface area contributed by atoms with E-state index in [0.29, 0.717) is 18.0 Å². The lowest BCUT2D eigenvalue weighted by molar-refractivity contribution is -0.139.